The number of nitrogens with one attached hydrogen (secondary N) is 3. The average Bonchev–Trinajstić information content (AvgIpc) is 2.70. The standard InChI is InChI=1S/C17H15ClF3N5O3S/c18-14-8-12(17(19,20)21)10-24-16(14)23-6-2-5-15(27)25-26-30(28,29)13-4-1-3-11(7-13)9-22/h1,3-4,7-8,10,26H,2,5-6H2,(H,23,24)(H,25,27). The summed E-state index contributed by atoms with van der Waals surface area (Å²) in [6.07, 6.45) is -3.80. The van der Waals surface area contributed by atoms with E-state index >= 15 is 0 Å². The van der Waals surface area contributed by atoms with Gasteiger partial charge in [0.1, 0.15) is 5.82 Å². The Morgan fingerprint density at radius 3 is 2.63 bits per heavy atom. The van der Waals surface area contributed by atoms with E-state index < -0.39 is 27.7 Å². The highest BCUT2D eigenvalue weighted by atomic mass is 35.5. The lowest BCUT2D eigenvalue weighted by Gasteiger charge is -2.11. The molecule has 0 aliphatic carbocycles. The lowest BCUT2D eigenvalue weighted by atomic mass is 10.2. The summed E-state index contributed by atoms with van der Waals surface area (Å²) in [5.74, 6) is -0.605. The summed E-state index contributed by atoms with van der Waals surface area (Å²) >= 11 is 5.76. The number of pyridine rings is 1. The van der Waals surface area contributed by atoms with Crippen LogP contribution in [0.5, 0.6) is 0 Å². The summed E-state index contributed by atoms with van der Waals surface area (Å²) in [5.41, 5.74) is 1.20. The Morgan fingerprint density at radius 1 is 1.27 bits per heavy atom. The van der Waals surface area contributed by atoms with Gasteiger partial charge in [-0.3, -0.25) is 10.2 Å². The highest BCUT2D eigenvalue weighted by Crippen LogP contribution is 2.32. The third-order valence-electron chi connectivity index (χ3n) is 3.64. The zero-order valence-corrected chi connectivity index (χ0v) is 16.7. The molecule has 160 valence electrons. The van der Waals surface area contributed by atoms with Crippen molar-refractivity contribution < 1.29 is 26.4 Å². The van der Waals surface area contributed by atoms with Gasteiger partial charge in [-0.15, -0.1) is 4.83 Å². The molecule has 1 aromatic heterocycles. The Labute approximate surface area is 175 Å². The molecule has 8 nitrogen and oxygen atoms in total. The minimum absolute atomic E-state index is 0.0307. The van der Waals surface area contributed by atoms with Gasteiger partial charge >= 0.3 is 6.18 Å². The Balaban J connectivity index is 1.79. The quantitative estimate of drug-likeness (QED) is 0.410. The van der Waals surface area contributed by atoms with Crippen LogP contribution in [-0.4, -0.2) is 25.9 Å². The van der Waals surface area contributed by atoms with E-state index in [-0.39, 0.29) is 40.7 Å². The van der Waals surface area contributed by atoms with Crippen LogP contribution in [0.2, 0.25) is 5.02 Å². The number of alkyl halides is 3. The Bertz CT molecular complexity index is 1070. The Morgan fingerprint density at radius 2 is 2.00 bits per heavy atom. The average molecular weight is 462 g/mol. The summed E-state index contributed by atoms with van der Waals surface area (Å²) in [7, 11) is -4.05. The van der Waals surface area contributed by atoms with Crippen LogP contribution in [0.1, 0.15) is 24.0 Å². The predicted octanol–water partition coefficient (Wildman–Crippen LogP) is 2.83. The molecule has 2 aromatic rings. The summed E-state index contributed by atoms with van der Waals surface area (Å²) in [4.78, 5) is 17.1. The van der Waals surface area contributed by atoms with Crippen LogP contribution >= 0.6 is 11.6 Å². The first-order chi connectivity index (χ1) is 14.0. The van der Waals surface area contributed by atoms with Gasteiger partial charge in [0, 0.05) is 19.2 Å². The largest absolute Gasteiger partial charge is 0.417 e. The number of sulfonamides is 1. The van der Waals surface area contributed by atoms with E-state index in [2.05, 4.69) is 10.3 Å². The van der Waals surface area contributed by atoms with Crippen LogP contribution in [-0.2, 0) is 21.0 Å². The number of anilines is 1. The molecular weight excluding hydrogens is 447 g/mol. The smallest absolute Gasteiger partial charge is 0.369 e. The van der Waals surface area contributed by atoms with Crippen LogP contribution in [0.3, 0.4) is 0 Å². The molecule has 0 saturated heterocycles. The normalized spacial score (nSPS) is 11.6. The number of nitrogens with zero attached hydrogens (tertiary/aromatic N) is 2. The minimum Gasteiger partial charge on any atom is -0.369 e. The molecule has 13 heteroatoms. The lowest BCUT2D eigenvalue weighted by Crippen LogP contribution is -2.41. The van der Waals surface area contributed by atoms with E-state index in [4.69, 9.17) is 16.9 Å². The van der Waals surface area contributed by atoms with Crippen molar-refractivity contribution in [2.45, 2.75) is 23.9 Å². The van der Waals surface area contributed by atoms with Crippen LogP contribution in [0.15, 0.2) is 41.4 Å². The fraction of sp³-hybridized carbons (Fsp3) is 0.235. The molecule has 30 heavy (non-hydrogen) atoms. The van der Waals surface area contributed by atoms with Crippen molar-refractivity contribution >= 4 is 33.3 Å². The van der Waals surface area contributed by atoms with E-state index in [1.165, 1.54) is 18.2 Å². The van der Waals surface area contributed by atoms with Crippen LogP contribution in [0.25, 0.3) is 0 Å². The van der Waals surface area contributed by atoms with Crippen molar-refractivity contribution in [3.8, 4) is 6.07 Å². The van der Waals surface area contributed by atoms with Gasteiger partial charge in [-0.05, 0) is 30.7 Å². The summed E-state index contributed by atoms with van der Waals surface area (Å²) in [5, 5.41) is 11.3. The van der Waals surface area contributed by atoms with Crippen molar-refractivity contribution in [2.24, 2.45) is 0 Å². The zero-order valence-electron chi connectivity index (χ0n) is 15.1. The fourth-order valence-electron chi connectivity index (χ4n) is 2.16. The molecule has 0 fully saturated rings. The number of aromatic nitrogens is 1. The number of halogens is 4. The van der Waals surface area contributed by atoms with Crippen LogP contribution < -0.4 is 15.6 Å². The number of amides is 1. The van der Waals surface area contributed by atoms with Crippen molar-refractivity contribution in [3.63, 3.8) is 0 Å². The zero-order chi connectivity index (χ0) is 22.4. The first-order valence-electron chi connectivity index (χ1n) is 8.30. The summed E-state index contributed by atoms with van der Waals surface area (Å²) in [6, 6.07) is 7.78. The predicted molar refractivity (Wildman–Crippen MR) is 102 cm³/mol. The number of benzene rings is 1. The van der Waals surface area contributed by atoms with Crippen molar-refractivity contribution in [1.82, 2.24) is 15.2 Å². The number of hydrogen-bond acceptors (Lipinski definition) is 6. The van der Waals surface area contributed by atoms with Crippen LogP contribution in [0, 0.1) is 11.3 Å². The topological polar surface area (TPSA) is 124 Å². The third kappa shape index (κ3) is 6.58. The number of nitriles is 1. The highest BCUT2D eigenvalue weighted by Gasteiger charge is 2.31. The van der Waals surface area contributed by atoms with Gasteiger partial charge in [0.15, 0.2) is 0 Å². The molecule has 1 amide bonds. The van der Waals surface area contributed by atoms with Crippen molar-refractivity contribution in [3.05, 3.63) is 52.7 Å². The molecule has 1 heterocycles. The second kappa shape index (κ2) is 9.75. The van der Waals surface area contributed by atoms with Gasteiger partial charge in [-0.2, -0.15) is 18.4 Å². The molecule has 3 N–H and O–H groups in total. The van der Waals surface area contributed by atoms with E-state index in [1.807, 2.05) is 16.3 Å². The monoisotopic (exact) mass is 461 g/mol. The van der Waals surface area contributed by atoms with E-state index in [9.17, 15) is 26.4 Å². The van der Waals surface area contributed by atoms with Gasteiger partial charge in [-0.25, -0.2) is 13.4 Å². The first kappa shape index (κ1) is 23.4. The number of hydrogen-bond donors (Lipinski definition) is 3. The van der Waals surface area contributed by atoms with Gasteiger partial charge in [0.2, 0.25) is 5.91 Å². The maximum Gasteiger partial charge on any atom is 0.417 e. The number of hydrazine groups is 1. The summed E-state index contributed by atoms with van der Waals surface area (Å²) < 4.78 is 61.9. The highest BCUT2D eigenvalue weighted by molar-refractivity contribution is 7.89. The minimum atomic E-state index is -4.56. The van der Waals surface area contributed by atoms with Gasteiger partial charge in [0.05, 0.1) is 27.1 Å². The van der Waals surface area contributed by atoms with E-state index in [0.29, 0.717) is 6.20 Å². The number of carbonyl (C=O) groups is 1. The van der Waals surface area contributed by atoms with E-state index in [0.717, 1.165) is 12.1 Å². The molecule has 0 bridgehead atoms. The Hall–Kier alpha value is -2.88. The molecule has 0 spiro atoms. The van der Waals surface area contributed by atoms with E-state index in [1.54, 1.807) is 0 Å². The lowest BCUT2D eigenvalue weighted by molar-refractivity contribution is -0.137. The maximum atomic E-state index is 12.6. The number of carbonyl (C=O) groups excluding carboxylic acids is 1. The second-order valence-corrected chi connectivity index (χ2v) is 7.97. The first-order valence-corrected chi connectivity index (χ1v) is 10.2. The summed E-state index contributed by atoms with van der Waals surface area (Å²) in [6.45, 7) is 0.155. The molecule has 1 aromatic carbocycles. The van der Waals surface area contributed by atoms with Crippen molar-refractivity contribution in [1.29, 1.82) is 5.26 Å². The molecule has 2 rings (SSSR count). The molecule has 0 saturated carbocycles. The Kier molecular flexibility index (Phi) is 7.60. The van der Waals surface area contributed by atoms with Crippen LogP contribution in [0.4, 0.5) is 19.0 Å². The fourth-order valence-corrected chi connectivity index (χ4v) is 3.30. The maximum absolute atomic E-state index is 12.6. The number of rotatable bonds is 8. The van der Waals surface area contributed by atoms with Crippen molar-refractivity contribution in [2.75, 3.05) is 11.9 Å². The molecular formula is C17H15ClF3N5O3S. The molecule has 0 aliphatic heterocycles. The van der Waals surface area contributed by atoms with Gasteiger partial charge in [-0.1, -0.05) is 17.7 Å². The molecule has 0 atom stereocenters. The van der Waals surface area contributed by atoms with Gasteiger partial charge in [0.25, 0.3) is 10.0 Å². The molecule has 0 unspecified atom stereocenters. The SMILES string of the molecule is N#Cc1cccc(S(=O)(=O)NNC(=O)CCCNc2ncc(C(F)(F)F)cc2Cl)c1. The van der Waals surface area contributed by atoms with Gasteiger partial charge < -0.3 is 5.32 Å². The third-order valence-corrected chi connectivity index (χ3v) is 5.17. The second-order valence-electron chi connectivity index (χ2n) is 5.88. The molecule has 0 radical (unpaired) electrons. The molecule has 0 aliphatic rings.